The Labute approximate surface area is 109 Å². The number of ether oxygens (including phenoxy) is 1. The van der Waals surface area contributed by atoms with Gasteiger partial charge in [0.25, 0.3) is 0 Å². The smallest absolute Gasteiger partial charge is 0.223 e. The summed E-state index contributed by atoms with van der Waals surface area (Å²) in [5.41, 5.74) is 3.66. The summed E-state index contributed by atoms with van der Waals surface area (Å²) in [4.78, 5) is 11.5. The van der Waals surface area contributed by atoms with E-state index in [0.29, 0.717) is 6.54 Å². The molecule has 1 saturated carbocycles. The number of rotatable bonds is 5. The topological polar surface area (TPSA) is 38.3 Å². The lowest BCUT2D eigenvalue weighted by Gasteiger charge is -2.12. The molecule has 0 bridgehead atoms. The summed E-state index contributed by atoms with van der Waals surface area (Å²) < 4.78 is 5.39. The van der Waals surface area contributed by atoms with Crippen LogP contribution < -0.4 is 10.1 Å². The predicted octanol–water partition coefficient (Wildman–Crippen LogP) is 2.38. The summed E-state index contributed by atoms with van der Waals surface area (Å²) >= 11 is 0. The van der Waals surface area contributed by atoms with E-state index in [9.17, 15) is 4.79 Å². The van der Waals surface area contributed by atoms with Crippen LogP contribution >= 0.6 is 0 Å². The molecule has 2 rings (SSSR count). The van der Waals surface area contributed by atoms with Crippen LogP contribution in [0.5, 0.6) is 5.75 Å². The van der Waals surface area contributed by atoms with E-state index < -0.39 is 0 Å². The van der Waals surface area contributed by atoms with E-state index in [4.69, 9.17) is 4.74 Å². The zero-order valence-corrected chi connectivity index (χ0v) is 11.4. The van der Waals surface area contributed by atoms with E-state index in [0.717, 1.165) is 30.6 Å². The highest BCUT2D eigenvalue weighted by Crippen LogP contribution is 2.28. The Balaban J connectivity index is 1.95. The number of aryl methyl sites for hydroxylation is 2. The summed E-state index contributed by atoms with van der Waals surface area (Å²) in [7, 11) is 1.69. The lowest BCUT2D eigenvalue weighted by Crippen LogP contribution is -2.27. The summed E-state index contributed by atoms with van der Waals surface area (Å²) in [5, 5.41) is 2.98. The number of hydrogen-bond donors (Lipinski definition) is 1. The molecule has 1 aromatic carbocycles. The molecule has 1 aliphatic rings. The molecule has 0 atom stereocenters. The van der Waals surface area contributed by atoms with Crippen LogP contribution in [-0.2, 0) is 11.2 Å². The fraction of sp³-hybridized carbons (Fsp3) is 0.533. The average molecular weight is 247 g/mol. The molecule has 0 saturated heterocycles. The molecule has 1 aromatic rings. The zero-order chi connectivity index (χ0) is 13.1. The van der Waals surface area contributed by atoms with Crippen LogP contribution in [0.15, 0.2) is 12.1 Å². The van der Waals surface area contributed by atoms with E-state index in [1.54, 1.807) is 7.11 Å². The van der Waals surface area contributed by atoms with Gasteiger partial charge in [-0.05, 0) is 55.9 Å². The Hall–Kier alpha value is -1.51. The normalized spacial score (nSPS) is 14.4. The van der Waals surface area contributed by atoms with Crippen LogP contribution in [-0.4, -0.2) is 19.6 Å². The maximum atomic E-state index is 11.5. The van der Waals surface area contributed by atoms with Gasteiger partial charge in [-0.15, -0.1) is 0 Å². The summed E-state index contributed by atoms with van der Waals surface area (Å²) in [6.45, 7) is 4.87. The lowest BCUT2D eigenvalue weighted by atomic mass is 10.0. The monoisotopic (exact) mass is 247 g/mol. The summed E-state index contributed by atoms with van der Waals surface area (Å²) in [6.07, 6.45) is 2.93. The molecule has 3 heteroatoms. The molecule has 0 unspecified atom stereocenters. The highest BCUT2D eigenvalue weighted by molar-refractivity contribution is 5.80. The van der Waals surface area contributed by atoms with Crippen LogP contribution in [0.3, 0.4) is 0 Å². The van der Waals surface area contributed by atoms with E-state index in [2.05, 4.69) is 31.3 Å². The Morgan fingerprint density at radius 2 is 2.00 bits per heavy atom. The summed E-state index contributed by atoms with van der Waals surface area (Å²) in [6, 6.07) is 4.21. The molecular formula is C15H21NO2. The van der Waals surface area contributed by atoms with Gasteiger partial charge >= 0.3 is 0 Å². The van der Waals surface area contributed by atoms with E-state index in [1.807, 2.05) is 0 Å². The molecule has 0 radical (unpaired) electrons. The number of carbonyl (C=O) groups is 1. The van der Waals surface area contributed by atoms with Gasteiger partial charge < -0.3 is 10.1 Å². The Kier molecular flexibility index (Phi) is 3.90. The first-order valence-electron chi connectivity index (χ1n) is 6.53. The Morgan fingerprint density at radius 3 is 2.61 bits per heavy atom. The maximum absolute atomic E-state index is 11.5. The van der Waals surface area contributed by atoms with Gasteiger partial charge in [0.1, 0.15) is 5.75 Å². The van der Waals surface area contributed by atoms with Gasteiger partial charge in [0.05, 0.1) is 7.11 Å². The van der Waals surface area contributed by atoms with Crippen molar-refractivity contribution in [3.05, 3.63) is 28.8 Å². The van der Waals surface area contributed by atoms with Gasteiger partial charge in [0.2, 0.25) is 5.91 Å². The third-order valence-electron chi connectivity index (χ3n) is 3.54. The molecule has 0 heterocycles. The number of amides is 1. The van der Waals surface area contributed by atoms with Crippen molar-refractivity contribution in [2.45, 2.75) is 33.1 Å². The molecule has 1 fully saturated rings. The number of benzene rings is 1. The molecule has 1 N–H and O–H groups in total. The quantitative estimate of drug-likeness (QED) is 0.867. The predicted molar refractivity (Wildman–Crippen MR) is 71.9 cm³/mol. The van der Waals surface area contributed by atoms with Crippen molar-refractivity contribution >= 4 is 5.91 Å². The van der Waals surface area contributed by atoms with Crippen molar-refractivity contribution in [1.29, 1.82) is 0 Å². The number of carbonyl (C=O) groups excluding carboxylic acids is 1. The highest BCUT2D eigenvalue weighted by atomic mass is 16.5. The van der Waals surface area contributed by atoms with E-state index in [-0.39, 0.29) is 11.8 Å². The maximum Gasteiger partial charge on any atom is 0.223 e. The minimum atomic E-state index is 0.206. The second kappa shape index (κ2) is 5.42. The molecular weight excluding hydrogens is 226 g/mol. The van der Waals surface area contributed by atoms with Crippen LogP contribution in [0.2, 0.25) is 0 Å². The third kappa shape index (κ3) is 3.03. The van der Waals surface area contributed by atoms with E-state index in [1.165, 1.54) is 11.1 Å². The van der Waals surface area contributed by atoms with Gasteiger partial charge in [0, 0.05) is 12.5 Å². The van der Waals surface area contributed by atoms with Crippen LogP contribution in [0.25, 0.3) is 0 Å². The summed E-state index contributed by atoms with van der Waals surface area (Å²) in [5.74, 6) is 1.41. The fourth-order valence-corrected chi connectivity index (χ4v) is 2.05. The van der Waals surface area contributed by atoms with Gasteiger partial charge in [-0.1, -0.05) is 6.07 Å². The third-order valence-corrected chi connectivity index (χ3v) is 3.54. The van der Waals surface area contributed by atoms with Gasteiger partial charge in [-0.2, -0.15) is 0 Å². The first-order valence-corrected chi connectivity index (χ1v) is 6.53. The van der Waals surface area contributed by atoms with Crippen LogP contribution in [0, 0.1) is 19.8 Å². The molecule has 0 aromatic heterocycles. The fourth-order valence-electron chi connectivity index (χ4n) is 2.05. The first-order chi connectivity index (χ1) is 8.61. The Bertz CT molecular complexity index is 450. The van der Waals surface area contributed by atoms with Crippen molar-refractivity contribution in [3.63, 3.8) is 0 Å². The number of nitrogens with one attached hydrogen (secondary N) is 1. The van der Waals surface area contributed by atoms with Crippen molar-refractivity contribution in [2.75, 3.05) is 13.7 Å². The minimum absolute atomic E-state index is 0.206. The molecule has 1 aliphatic carbocycles. The molecule has 3 nitrogen and oxygen atoms in total. The van der Waals surface area contributed by atoms with Crippen molar-refractivity contribution in [1.82, 2.24) is 5.32 Å². The largest absolute Gasteiger partial charge is 0.496 e. The molecule has 1 amide bonds. The van der Waals surface area contributed by atoms with E-state index >= 15 is 0 Å². The van der Waals surface area contributed by atoms with Gasteiger partial charge in [-0.25, -0.2) is 0 Å². The lowest BCUT2D eigenvalue weighted by molar-refractivity contribution is -0.122. The van der Waals surface area contributed by atoms with Crippen LogP contribution in [0.1, 0.15) is 29.5 Å². The van der Waals surface area contributed by atoms with Crippen molar-refractivity contribution < 1.29 is 9.53 Å². The Morgan fingerprint density at radius 1 is 1.33 bits per heavy atom. The standard InChI is InChI=1S/C15H21NO2/c1-10-8-13(14(18-3)9-11(10)2)6-7-16-15(17)12-4-5-12/h8-9,12H,4-7H2,1-3H3,(H,16,17). The number of methoxy groups -OCH3 is 1. The van der Waals surface area contributed by atoms with Crippen LogP contribution in [0.4, 0.5) is 0 Å². The molecule has 18 heavy (non-hydrogen) atoms. The van der Waals surface area contributed by atoms with Gasteiger partial charge in [0.15, 0.2) is 0 Å². The highest BCUT2D eigenvalue weighted by Gasteiger charge is 2.29. The second-order valence-corrected chi connectivity index (χ2v) is 5.06. The second-order valence-electron chi connectivity index (χ2n) is 5.06. The van der Waals surface area contributed by atoms with Crippen molar-refractivity contribution in [2.24, 2.45) is 5.92 Å². The average Bonchev–Trinajstić information content (AvgIpc) is 3.17. The number of hydrogen-bond acceptors (Lipinski definition) is 2. The molecule has 0 spiro atoms. The SMILES string of the molecule is COc1cc(C)c(C)cc1CCNC(=O)C1CC1. The molecule has 0 aliphatic heterocycles. The first kappa shape index (κ1) is 12.9. The minimum Gasteiger partial charge on any atom is -0.496 e. The van der Waals surface area contributed by atoms with Crippen molar-refractivity contribution in [3.8, 4) is 5.75 Å². The zero-order valence-electron chi connectivity index (χ0n) is 11.4. The molecule has 98 valence electrons. The van der Waals surface area contributed by atoms with Gasteiger partial charge in [-0.3, -0.25) is 4.79 Å².